The molecule has 0 saturated heterocycles. The second-order valence-electron chi connectivity index (χ2n) is 3.28. The summed E-state index contributed by atoms with van der Waals surface area (Å²) in [6.07, 6.45) is 6.70. The second-order valence-corrected chi connectivity index (χ2v) is 3.28. The van der Waals surface area contributed by atoms with Gasteiger partial charge in [0.25, 0.3) is 0 Å². The zero-order valence-electron chi connectivity index (χ0n) is 8.66. The van der Waals surface area contributed by atoms with Crippen molar-refractivity contribution in [2.24, 2.45) is 4.99 Å². The van der Waals surface area contributed by atoms with Gasteiger partial charge in [-0.25, -0.2) is 0 Å². The topological polar surface area (TPSA) is 25.5 Å². The number of rotatable bonds is 4. The van der Waals surface area contributed by atoms with Crippen molar-refractivity contribution in [3.05, 3.63) is 36.8 Å². The van der Waals surface area contributed by atoms with Crippen LogP contribution in [0.5, 0.6) is 0 Å². The predicted molar refractivity (Wildman–Crippen MR) is 61.2 cm³/mol. The monoisotopic (exact) mass is 189 g/mol. The van der Waals surface area contributed by atoms with E-state index in [9.17, 15) is 0 Å². The van der Waals surface area contributed by atoms with E-state index >= 15 is 0 Å². The van der Waals surface area contributed by atoms with Crippen LogP contribution in [0.1, 0.15) is 31.1 Å². The molecule has 1 heterocycles. The van der Waals surface area contributed by atoms with Crippen LogP contribution < -0.4 is 0 Å². The maximum Gasteiger partial charge on any atom is 0.151 e. The molecule has 0 radical (unpaired) electrons. The highest BCUT2D eigenvalue weighted by Gasteiger charge is 2.12. The lowest BCUT2D eigenvalue weighted by molar-refractivity contribution is 0.552. The summed E-state index contributed by atoms with van der Waals surface area (Å²) in [6, 6.07) is 0. The van der Waals surface area contributed by atoms with Gasteiger partial charge in [-0.05, 0) is 12.0 Å². The summed E-state index contributed by atoms with van der Waals surface area (Å²) in [5, 5.41) is 0. The molecule has 0 saturated carbocycles. The number of allylic oxidation sites excluding steroid dienone is 1. The molecule has 0 N–H and O–H groups in total. The third-order valence-electron chi connectivity index (χ3n) is 1.94. The molecule has 74 valence electrons. The Morgan fingerprint density at radius 2 is 2.14 bits per heavy atom. The zero-order valence-corrected chi connectivity index (χ0v) is 8.66. The Morgan fingerprint density at radius 3 is 2.64 bits per heavy atom. The quantitative estimate of drug-likeness (QED) is 0.659. The van der Waals surface area contributed by atoms with Gasteiger partial charge >= 0.3 is 0 Å². The van der Waals surface area contributed by atoms with Crippen molar-refractivity contribution in [1.29, 1.82) is 0 Å². The van der Waals surface area contributed by atoms with Crippen molar-refractivity contribution >= 4 is 18.0 Å². The lowest BCUT2D eigenvalue weighted by Crippen LogP contribution is -1.83. The molecule has 0 fully saturated rings. The summed E-state index contributed by atoms with van der Waals surface area (Å²) in [6.45, 7) is 11.5. The predicted octanol–water partition coefficient (Wildman–Crippen LogP) is 3.93. The highest BCUT2D eigenvalue weighted by molar-refractivity contribution is 5.76. The van der Waals surface area contributed by atoms with Crippen LogP contribution in [0.15, 0.2) is 34.9 Å². The number of aliphatic imine (C=N–C) groups is 1. The number of hydrogen-bond acceptors (Lipinski definition) is 2. The first kappa shape index (κ1) is 10.5. The summed E-state index contributed by atoms with van der Waals surface area (Å²) in [5.74, 6) is 1.11. The van der Waals surface area contributed by atoms with Gasteiger partial charge in [0.15, 0.2) is 5.76 Å². The molecular formula is C12H15NO. The minimum absolute atomic E-state index is 0.393. The fourth-order valence-corrected chi connectivity index (χ4v) is 1.20. The molecule has 0 aliphatic rings. The van der Waals surface area contributed by atoms with Gasteiger partial charge in [-0.3, -0.25) is 4.99 Å². The van der Waals surface area contributed by atoms with Gasteiger partial charge in [-0.1, -0.05) is 33.1 Å². The normalized spacial score (nSPS) is 11.1. The van der Waals surface area contributed by atoms with E-state index in [0.717, 1.165) is 11.3 Å². The Balaban J connectivity index is 3.18. The second kappa shape index (κ2) is 4.61. The maximum atomic E-state index is 5.34. The first-order chi connectivity index (χ1) is 6.70. The Kier molecular flexibility index (Phi) is 3.46. The van der Waals surface area contributed by atoms with Crippen LogP contribution in [0.2, 0.25) is 0 Å². The molecule has 0 aliphatic carbocycles. The smallest absolute Gasteiger partial charge is 0.151 e. The van der Waals surface area contributed by atoms with Crippen LogP contribution in [-0.4, -0.2) is 6.21 Å². The molecule has 1 aromatic heterocycles. The third kappa shape index (κ3) is 2.02. The standard InChI is InChI=1S/C12H15NO/c1-5-7-13-12-10(9(3)4)8-14-11(12)6-2/h5-9H,1-2H2,3-4H3/b13-7-. The highest BCUT2D eigenvalue weighted by Crippen LogP contribution is 2.32. The third-order valence-corrected chi connectivity index (χ3v) is 1.94. The summed E-state index contributed by atoms with van der Waals surface area (Å²) < 4.78 is 5.34. The van der Waals surface area contributed by atoms with Gasteiger partial charge in [0.1, 0.15) is 5.69 Å². The molecule has 0 atom stereocenters. The Morgan fingerprint density at radius 1 is 1.43 bits per heavy atom. The number of nitrogens with zero attached hydrogens (tertiary/aromatic N) is 1. The van der Waals surface area contributed by atoms with Crippen molar-refractivity contribution in [3.63, 3.8) is 0 Å². The Hall–Kier alpha value is -1.57. The lowest BCUT2D eigenvalue weighted by Gasteiger charge is -2.01. The largest absolute Gasteiger partial charge is 0.462 e. The first-order valence-electron chi connectivity index (χ1n) is 4.59. The van der Waals surface area contributed by atoms with Gasteiger partial charge in [-0.15, -0.1) is 0 Å². The van der Waals surface area contributed by atoms with Gasteiger partial charge in [0, 0.05) is 11.8 Å². The molecule has 2 heteroatoms. The van der Waals surface area contributed by atoms with Crippen LogP contribution >= 0.6 is 0 Å². The van der Waals surface area contributed by atoms with Gasteiger partial charge in [-0.2, -0.15) is 0 Å². The SMILES string of the molecule is C=C/C=N\c1c(C(C)C)coc1C=C. The molecule has 1 aromatic rings. The van der Waals surface area contributed by atoms with Crippen LogP contribution in [0.4, 0.5) is 5.69 Å². The van der Waals surface area contributed by atoms with E-state index in [2.05, 4.69) is 32.0 Å². The number of furan rings is 1. The van der Waals surface area contributed by atoms with E-state index in [1.165, 1.54) is 0 Å². The van der Waals surface area contributed by atoms with Crippen LogP contribution in [0, 0.1) is 0 Å². The van der Waals surface area contributed by atoms with E-state index < -0.39 is 0 Å². The molecule has 2 nitrogen and oxygen atoms in total. The molecule has 1 rings (SSSR count). The molecule has 0 unspecified atom stereocenters. The van der Waals surface area contributed by atoms with Gasteiger partial charge in [0.2, 0.25) is 0 Å². The van der Waals surface area contributed by atoms with E-state index in [4.69, 9.17) is 4.42 Å². The Labute approximate surface area is 84.7 Å². The summed E-state index contributed by atoms with van der Waals surface area (Å²) in [4.78, 5) is 4.27. The summed E-state index contributed by atoms with van der Waals surface area (Å²) >= 11 is 0. The molecule has 0 aromatic carbocycles. The van der Waals surface area contributed by atoms with E-state index in [1.807, 2.05) is 0 Å². The van der Waals surface area contributed by atoms with Gasteiger partial charge in [0.05, 0.1) is 6.26 Å². The van der Waals surface area contributed by atoms with E-state index in [1.54, 1.807) is 24.6 Å². The van der Waals surface area contributed by atoms with E-state index in [-0.39, 0.29) is 0 Å². The average molecular weight is 189 g/mol. The first-order valence-corrected chi connectivity index (χ1v) is 4.59. The molecule has 0 amide bonds. The average Bonchev–Trinajstić information content (AvgIpc) is 2.57. The lowest BCUT2D eigenvalue weighted by atomic mass is 10.1. The van der Waals surface area contributed by atoms with Crippen LogP contribution in [0.3, 0.4) is 0 Å². The minimum Gasteiger partial charge on any atom is -0.462 e. The molecule has 0 bridgehead atoms. The van der Waals surface area contributed by atoms with E-state index in [0.29, 0.717) is 11.7 Å². The van der Waals surface area contributed by atoms with Crippen molar-refractivity contribution in [3.8, 4) is 0 Å². The number of hydrogen-bond donors (Lipinski definition) is 0. The summed E-state index contributed by atoms with van der Waals surface area (Å²) in [7, 11) is 0. The molecule has 14 heavy (non-hydrogen) atoms. The fourth-order valence-electron chi connectivity index (χ4n) is 1.20. The van der Waals surface area contributed by atoms with Crippen molar-refractivity contribution in [2.45, 2.75) is 19.8 Å². The summed E-state index contributed by atoms with van der Waals surface area (Å²) in [5.41, 5.74) is 1.95. The van der Waals surface area contributed by atoms with Gasteiger partial charge < -0.3 is 4.42 Å². The minimum atomic E-state index is 0.393. The van der Waals surface area contributed by atoms with Crippen molar-refractivity contribution in [2.75, 3.05) is 0 Å². The van der Waals surface area contributed by atoms with Crippen LogP contribution in [0.25, 0.3) is 6.08 Å². The zero-order chi connectivity index (χ0) is 10.6. The van der Waals surface area contributed by atoms with Crippen LogP contribution in [-0.2, 0) is 0 Å². The highest BCUT2D eigenvalue weighted by atomic mass is 16.3. The van der Waals surface area contributed by atoms with Crippen molar-refractivity contribution < 1.29 is 4.42 Å². The van der Waals surface area contributed by atoms with Crippen molar-refractivity contribution in [1.82, 2.24) is 0 Å². The maximum absolute atomic E-state index is 5.34. The Bertz CT molecular complexity index is 358. The fraction of sp³-hybridized carbons (Fsp3) is 0.250. The molecule has 0 spiro atoms. The molecule has 0 aliphatic heterocycles. The molecular weight excluding hydrogens is 174 g/mol.